The number of nitrogens with one attached hydrogen (secondary N) is 1. The van der Waals surface area contributed by atoms with Crippen LogP contribution in [0.15, 0.2) is 59.7 Å². The SMILES string of the molecule is O=C(CCC(=O)N1CCC(c2ccccc2)=N1)NCc1ccc(CN2CCCCC2)cc1. The number of rotatable bonds is 8. The summed E-state index contributed by atoms with van der Waals surface area (Å²) < 4.78 is 0. The molecule has 2 amide bonds. The molecule has 0 saturated carbocycles. The van der Waals surface area contributed by atoms with Gasteiger partial charge in [-0.3, -0.25) is 14.5 Å². The van der Waals surface area contributed by atoms with Crippen LogP contribution < -0.4 is 5.32 Å². The quantitative estimate of drug-likeness (QED) is 0.692. The fourth-order valence-corrected chi connectivity index (χ4v) is 4.25. The smallest absolute Gasteiger partial charge is 0.243 e. The van der Waals surface area contributed by atoms with Crippen LogP contribution in [-0.4, -0.2) is 47.1 Å². The lowest BCUT2D eigenvalue weighted by Crippen LogP contribution is -2.29. The van der Waals surface area contributed by atoms with Crippen molar-refractivity contribution in [1.29, 1.82) is 0 Å². The van der Waals surface area contributed by atoms with Gasteiger partial charge in [0.05, 0.1) is 12.3 Å². The summed E-state index contributed by atoms with van der Waals surface area (Å²) in [7, 11) is 0. The summed E-state index contributed by atoms with van der Waals surface area (Å²) in [5, 5.41) is 8.87. The number of nitrogens with zero attached hydrogens (tertiary/aromatic N) is 3. The molecule has 0 unspecified atom stereocenters. The highest BCUT2D eigenvalue weighted by atomic mass is 16.2. The van der Waals surface area contributed by atoms with Gasteiger partial charge in [0.15, 0.2) is 0 Å². The minimum Gasteiger partial charge on any atom is -0.352 e. The molecule has 0 spiro atoms. The highest BCUT2D eigenvalue weighted by Gasteiger charge is 2.21. The number of carbonyl (C=O) groups is 2. The number of hydrogen-bond donors (Lipinski definition) is 1. The Kier molecular flexibility index (Phi) is 7.67. The van der Waals surface area contributed by atoms with Gasteiger partial charge in [0.2, 0.25) is 11.8 Å². The fraction of sp³-hybridized carbons (Fsp3) is 0.423. The van der Waals surface area contributed by atoms with E-state index in [0.717, 1.165) is 29.8 Å². The van der Waals surface area contributed by atoms with Crippen molar-refractivity contribution in [1.82, 2.24) is 15.2 Å². The monoisotopic (exact) mass is 432 g/mol. The molecule has 0 aliphatic carbocycles. The lowest BCUT2D eigenvalue weighted by molar-refractivity contribution is -0.133. The predicted octanol–water partition coefficient (Wildman–Crippen LogP) is 3.71. The molecule has 6 nitrogen and oxygen atoms in total. The molecular formula is C26H32N4O2. The minimum absolute atomic E-state index is 0.104. The zero-order valence-corrected chi connectivity index (χ0v) is 18.6. The molecule has 0 aromatic heterocycles. The van der Waals surface area contributed by atoms with E-state index >= 15 is 0 Å². The maximum absolute atomic E-state index is 12.4. The van der Waals surface area contributed by atoms with E-state index in [-0.39, 0.29) is 24.7 Å². The zero-order chi connectivity index (χ0) is 22.2. The Morgan fingerprint density at radius 3 is 2.31 bits per heavy atom. The van der Waals surface area contributed by atoms with Crippen molar-refractivity contribution in [2.75, 3.05) is 19.6 Å². The largest absolute Gasteiger partial charge is 0.352 e. The predicted molar refractivity (Wildman–Crippen MR) is 126 cm³/mol. The molecule has 6 heteroatoms. The molecule has 0 radical (unpaired) electrons. The normalized spacial score (nSPS) is 16.6. The van der Waals surface area contributed by atoms with Crippen LogP contribution in [0.4, 0.5) is 0 Å². The van der Waals surface area contributed by atoms with Crippen LogP contribution in [0.3, 0.4) is 0 Å². The van der Waals surface area contributed by atoms with Crippen molar-refractivity contribution in [2.24, 2.45) is 5.10 Å². The van der Waals surface area contributed by atoms with Crippen molar-refractivity contribution in [3.8, 4) is 0 Å². The summed E-state index contributed by atoms with van der Waals surface area (Å²) in [5.74, 6) is -0.213. The molecule has 1 N–H and O–H groups in total. The van der Waals surface area contributed by atoms with Gasteiger partial charge in [0.1, 0.15) is 0 Å². The highest BCUT2D eigenvalue weighted by Crippen LogP contribution is 2.16. The average Bonchev–Trinajstić information content (AvgIpc) is 3.34. The minimum atomic E-state index is -0.109. The van der Waals surface area contributed by atoms with E-state index in [1.165, 1.54) is 42.9 Å². The first-order chi connectivity index (χ1) is 15.7. The molecule has 32 heavy (non-hydrogen) atoms. The van der Waals surface area contributed by atoms with Crippen LogP contribution >= 0.6 is 0 Å². The summed E-state index contributed by atoms with van der Waals surface area (Å²) >= 11 is 0. The second-order valence-corrected chi connectivity index (χ2v) is 8.61. The summed E-state index contributed by atoms with van der Waals surface area (Å²) in [4.78, 5) is 27.2. The first-order valence-corrected chi connectivity index (χ1v) is 11.7. The maximum atomic E-state index is 12.4. The summed E-state index contributed by atoms with van der Waals surface area (Å²) in [5.41, 5.74) is 4.35. The number of hydrogen-bond acceptors (Lipinski definition) is 4. The van der Waals surface area contributed by atoms with E-state index < -0.39 is 0 Å². The third kappa shape index (κ3) is 6.26. The lowest BCUT2D eigenvalue weighted by Gasteiger charge is -2.26. The molecule has 1 fully saturated rings. The van der Waals surface area contributed by atoms with Crippen LogP contribution in [-0.2, 0) is 22.7 Å². The Labute approximate surface area is 190 Å². The molecular weight excluding hydrogens is 400 g/mol. The fourth-order valence-electron chi connectivity index (χ4n) is 4.25. The van der Waals surface area contributed by atoms with Crippen LogP contribution in [0, 0.1) is 0 Å². The molecule has 2 aromatic carbocycles. The molecule has 2 aliphatic rings. The molecule has 0 atom stereocenters. The number of likely N-dealkylation sites (tertiary alicyclic amines) is 1. The van der Waals surface area contributed by atoms with Gasteiger partial charge in [-0.05, 0) is 42.6 Å². The first-order valence-electron chi connectivity index (χ1n) is 11.7. The molecule has 4 rings (SSSR count). The summed E-state index contributed by atoms with van der Waals surface area (Å²) in [6, 6.07) is 18.4. The Balaban J connectivity index is 1.17. The Hall–Kier alpha value is -2.99. The third-order valence-corrected chi connectivity index (χ3v) is 6.13. The van der Waals surface area contributed by atoms with E-state index in [0.29, 0.717) is 13.1 Å². The molecule has 1 saturated heterocycles. The van der Waals surface area contributed by atoms with E-state index in [9.17, 15) is 9.59 Å². The second kappa shape index (κ2) is 11.0. The molecule has 168 valence electrons. The van der Waals surface area contributed by atoms with Crippen molar-refractivity contribution in [3.05, 3.63) is 71.3 Å². The highest BCUT2D eigenvalue weighted by molar-refractivity contribution is 6.02. The number of carbonyl (C=O) groups excluding carboxylic acids is 2. The van der Waals surface area contributed by atoms with Gasteiger partial charge in [0.25, 0.3) is 0 Å². The van der Waals surface area contributed by atoms with Gasteiger partial charge in [-0.15, -0.1) is 0 Å². The van der Waals surface area contributed by atoms with E-state index in [1.807, 2.05) is 30.3 Å². The summed E-state index contributed by atoms with van der Waals surface area (Å²) in [6.07, 6.45) is 5.04. The van der Waals surface area contributed by atoms with Crippen molar-refractivity contribution in [2.45, 2.75) is 51.6 Å². The Morgan fingerprint density at radius 2 is 1.56 bits per heavy atom. The van der Waals surface area contributed by atoms with Gasteiger partial charge in [0, 0.05) is 32.4 Å². The van der Waals surface area contributed by atoms with Crippen molar-refractivity contribution >= 4 is 17.5 Å². The Morgan fingerprint density at radius 1 is 0.844 bits per heavy atom. The van der Waals surface area contributed by atoms with Gasteiger partial charge >= 0.3 is 0 Å². The van der Waals surface area contributed by atoms with Gasteiger partial charge in [-0.25, -0.2) is 5.01 Å². The number of benzene rings is 2. The number of amides is 2. The number of hydrazone groups is 1. The van der Waals surface area contributed by atoms with Crippen molar-refractivity contribution in [3.63, 3.8) is 0 Å². The van der Waals surface area contributed by atoms with Gasteiger partial charge < -0.3 is 5.32 Å². The Bertz CT molecular complexity index is 934. The standard InChI is InChI=1S/C26H32N4O2/c31-25(13-14-26(32)30-18-15-24(28-30)23-7-3-1-4-8-23)27-19-21-9-11-22(12-10-21)20-29-16-5-2-6-17-29/h1,3-4,7-12H,2,5-6,13-20H2,(H,27,31). The van der Waals surface area contributed by atoms with Crippen LogP contribution in [0.5, 0.6) is 0 Å². The third-order valence-electron chi connectivity index (χ3n) is 6.13. The second-order valence-electron chi connectivity index (χ2n) is 8.61. The van der Waals surface area contributed by atoms with E-state index in [4.69, 9.17) is 0 Å². The van der Waals surface area contributed by atoms with E-state index in [2.05, 4.69) is 39.6 Å². The van der Waals surface area contributed by atoms with Crippen LogP contribution in [0.1, 0.15) is 55.2 Å². The number of piperidine rings is 1. The van der Waals surface area contributed by atoms with Gasteiger partial charge in [-0.1, -0.05) is 61.0 Å². The van der Waals surface area contributed by atoms with E-state index in [1.54, 1.807) is 0 Å². The topological polar surface area (TPSA) is 65.0 Å². The molecule has 2 aromatic rings. The average molecular weight is 433 g/mol. The zero-order valence-electron chi connectivity index (χ0n) is 18.6. The first kappa shape index (κ1) is 22.2. The van der Waals surface area contributed by atoms with Gasteiger partial charge in [-0.2, -0.15) is 5.10 Å². The van der Waals surface area contributed by atoms with Crippen LogP contribution in [0.25, 0.3) is 0 Å². The van der Waals surface area contributed by atoms with Crippen LogP contribution in [0.2, 0.25) is 0 Å². The lowest BCUT2D eigenvalue weighted by atomic mass is 10.1. The van der Waals surface area contributed by atoms with Crippen molar-refractivity contribution < 1.29 is 9.59 Å². The summed E-state index contributed by atoms with van der Waals surface area (Å²) in [6.45, 7) is 4.44. The molecule has 2 aliphatic heterocycles. The maximum Gasteiger partial charge on any atom is 0.243 e. The molecule has 2 heterocycles. The molecule has 0 bridgehead atoms.